The van der Waals surface area contributed by atoms with Gasteiger partial charge in [0, 0.05) is 13.0 Å². The molecule has 2 saturated carbocycles. The zero-order valence-electron chi connectivity index (χ0n) is 14.7. The molecule has 0 radical (unpaired) electrons. The van der Waals surface area contributed by atoms with Gasteiger partial charge in [0.2, 0.25) is 0 Å². The fourth-order valence-electron chi connectivity index (χ4n) is 6.25. The highest BCUT2D eigenvalue weighted by molar-refractivity contribution is 5.71. The lowest BCUT2D eigenvalue weighted by atomic mass is 9.54. The van der Waals surface area contributed by atoms with E-state index in [9.17, 15) is 9.90 Å². The number of carboxylic acids is 1. The van der Waals surface area contributed by atoms with Gasteiger partial charge in [-0.25, -0.2) is 0 Å². The van der Waals surface area contributed by atoms with Crippen LogP contribution in [0.2, 0.25) is 0 Å². The number of hydrogen-bond acceptors (Lipinski definition) is 2. The fraction of sp³-hybridized carbons (Fsp3) is 0.667. The van der Waals surface area contributed by atoms with Crippen LogP contribution >= 0.6 is 0 Å². The van der Waals surface area contributed by atoms with Crippen LogP contribution in [-0.4, -0.2) is 24.3 Å². The molecule has 24 heavy (non-hydrogen) atoms. The van der Waals surface area contributed by atoms with Crippen molar-refractivity contribution in [3.05, 3.63) is 35.5 Å². The zero-order valence-corrected chi connectivity index (χ0v) is 14.7. The molecule has 0 aromatic rings. The Morgan fingerprint density at radius 1 is 1.33 bits per heavy atom. The summed E-state index contributed by atoms with van der Waals surface area (Å²) in [6.45, 7) is 2.43. The Bertz CT molecular complexity index is 629. The molecule has 0 aromatic carbocycles. The molecule has 0 spiro atoms. The number of hydrogen-bond donors (Lipinski definition) is 1. The van der Waals surface area contributed by atoms with Gasteiger partial charge in [-0.3, -0.25) is 4.79 Å². The third-order valence-electron chi connectivity index (χ3n) is 7.38. The van der Waals surface area contributed by atoms with Crippen LogP contribution in [0.4, 0.5) is 0 Å². The molecule has 0 aliphatic heterocycles. The predicted octanol–water partition coefficient (Wildman–Crippen LogP) is 4.36. The van der Waals surface area contributed by atoms with Crippen LogP contribution in [0.3, 0.4) is 0 Å². The van der Waals surface area contributed by atoms with Gasteiger partial charge in [-0.1, -0.05) is 36.8 Å². The van der Waals surface area contributed by atoms with E-state index in [4.69, 9.17) is 4.74 Å². The molecule has 0 amide bonds. The first-order valence-corrected chi connectivity index (χ1v) is 9.36. The van der Waals surface area contributed by atoms with Gasteiger partial charge in [0.05, 0.1) is 12.5 Å². The predicted molar refractivity (Wildman–Crippen MR) is 93.5 cm³/mol. The van der Waals surface area contributed by atoms with Gasteiger partial charge in [-0.05, 0) is 60.8 Å². The van der Waals surface area contributed by atoms with Gasteiger partial charge in [0.1, 0.15) is 0 Å². The summed E-state index contributed by atoms with van der Waals surface area (Å²) in [4.78, 5) is 11.2. The van der Waals surface area contributed by atoms with Crippen molar-refractivity contribution in [3.63, 3.8) is 0 Å². The summed E-state index contributed by atoms with van der Waals surface area (Å²) < 4.78 is 5.82. The molecule has 4 aliphatic carbocycles. The summed E-state index contributed by atoms with van der Waals surface area (Å²) in [5.74, 6) is 1.68. The maximum atomic E-state index is 11.2. The molecule has 2 fully saturated rings. The average Bonchev–Trinajstić information content (AvgIpc) is 2.90. The molecule has 0 heterocycles. The maximum Gasteiger partial charge on any atom is 0.307 e. The van der Waals surface area contributed by atoms with Crippen molar-refractivity contribution in [1.29, 1.82) is 0 Å². The van der Waals surface area contributed by atoms with E-state index in [2.05, 4.69) is 31.2 Å². The molecule has 130 valence electrons. The number of allylic oxidation sites excluding steroid dienone is 5. The molecule has 0 bridgehead atoms. The van der Waals surface area contributed by atoms with Crippen molar-refractivity contribution in [2.24, 2.45) is 29.1 Å². The number of aliphatic carboxylic acids is 1. The normalized spacial score (nSPS) is 43.3. The summed E-state index contributed by atoms with van der Waals surface area (Å²) in [6.07, 6.45) is 15.5. The van der Waals surface area contributed by atoms with E-state index in [-0.39, 0.29) is 6.42 Å². The van der Waals surface area contributed by atoms with Crippen LogP contribution < -0.4 is 0 Å². The van der Waals surface area contributed by atoms with Crippen molar-refractivity contribution in [3.8, 4) is 0 Å². The van der Waals surface area contributed by atoms with Gasteiger partial charge in [-0.2, -0.15) is 0 Å². The zero-order chi connectivity index (χ0) is 16.9. The van der Waals surface area contributed by atoms with Crippen molar-refractivity contribution in [2.45, 2.75) is 51.6 Å². The molecule has 3 nitrogen and oxygen atoms in total. The van der Waals surface area contributed by atoms with Crippen molar-refractivity contribution < 1.29 is 14.6 Å². The number of ether oxygens (including phenoxy) is 1. The quantitative estimate of drug-likeness (QED) is 0.783. The van der Waals surface area contributed by atoms with E-state index in [1.807, 2.05) is 7.11 Å². The summed E-state index contributed by atoms with van der Waals surface area (Å²) in [5.41, 5.74) is 2.72. The van der Waals surface area contributed by atoms with E-state index in [1.54, 1.807) is 0 Å². The van der Waals surface area contributed by atoms with Crippen molar-refractivity contribution in [1.82, 2.24) is 0 Å². The highest BCUT2D eigenvalue weighted by atomic mass is 16.5. The second-order valence-corrected chi connectivity index (χ2v) is 8.34. The second-order valence-electron chi connectivity index (χ2n) is 8.34. The summed E-state index contributed by atoms with van der Waals surface area (Å²) in [5, 5.41) is 9.21. The topological polar surface area (TPSA) is 46.5 Å². The lowest BCUT2D eigenvalue weighted by molar-refractivity contribution is -0.136. The van der Waals surface area contributed by atoms with Crippen LogP contribution in [0.25, 0.3) is 0 Å². The molecule has 0 aromatic heterocycles. The number of fused-ring (bicyclic) bond motifs is 5. The lowest BCUT2D eigenvalue weighted by Gasteiger charge is -2.51. The van der Waals surface area contributed by atoms with E-state index in [0.29, 0.717) is 35.2 Å². The molecule has 1 N–H and O–H groups in total. The minimum atomic E-state index is -0.711. The standard InChI is InChI=1S/C21H28O3/c1-21-11-10-16-15-5-3-4-13(12-20(22)23)14(15)6-7-17(16)18(21)8-9-19(21)24-2/h3,5-7,15-19H,4,8-12H2,1-2H3,(H,22,23)/t15-,16+,17+,18-,19+,21-/m0/s1. The first-order valence-electron chi connectivity index (χ1n) is 9.36. The van der Waals surface area contributed by atoms with Crippen LogP contribution in [0.15, 0.2) is 35.5 Å². The van der Waals surface area contributed by atoms with E-state index in [1.165, 1.54) is 31.3 Å². The second kappa shape index (κ2) is 5.87. The summed E-state index contributed by atoms with van der Waals surface area (Å²) in [7, 11) is 1.87. The molecule has 0 unspecified atom stereocenters. The fourth-order valence-corrected chi connectivity index (χ4v) is 6.25. The van der Waals surface area contributed by atoms with Gasteiger partial charge in [-0.15, -0.1) is 0 Å². The summed E-state index contributed by atoms with van der Waals surface area (Å²) in [6, 6.07) is 0. The number of rotatable bonds is 3. The van der Waals surface area contributed by atoms with Gasteiger partial charge >= 0.3 is 5.97 Å². The molecule has 3 heteroatoms. The number of carbonyl (C=O) groups is 1. The molecular weight excluding hydrogens is 300 g/mol. The highest BCUT2D eigenvalue weighted by Crippen LogP contribution is 2.60. The van der Waals surface area contributed by atoms with E-state index in [0.717, 1.165) is 12.0 Å². The highest BCUT2D eigenvalue weighted by Gasteiger charge is 2.55. The van der Waals surface area contributed by atoms with Gasteiger partial charge < -0.3 is 9.84 Å². The molecule has 0 saturated heterocycles. The van der Waals surface area contributed by atoms with Crippen LogP contribution in [0, 0.1) is 29.1 Å². The lowest BCUT2D eigenvalue weighted by Crippen LogP contribution is -2.46. The first-order chi connectivity index (χ1) is 11.5. The van der Waals surface area contributed by atoms with Crippen LogP contribution in [-0.2, 0) is 9.53 Å². The third-order valence-corrected chi connectivity index (χ3v) is 7.38. The Balaban J connectivity index is 1.67. The molecule has 6 atom stereocenters. The largest absolute Gasteiger partial charge is 0.481 e. The first kappa shape index (κ1) is 16.1. The number of carboxylic acid groups (broad SMARTS) is 1. The summed E-state index contributed by atoms with van der Waals surface area (Å²) >= 11 is 0. The van der Waals surface area contributed by atoms with E-state index < -0.39 is 5.97 Å². The Morgan fingerprint density at radius 3 is 2.92 bits per heavy atom. The molecule has 4 aliphatic rings. The minimum Gasteiger partial charge on any atom is -0.481 e. The third kappa shape index (κ3) is 2.32. The minimum absolute atomic E-state index is 0.185. The van der Waals surface area contributed by atoms with Crippen LogP contribution in [0.5, 0.6) is 0 Å². The van der Waals surface area contributed by atoms with E-state index >= 15 is 0 Å². The van der Waals surface area contributed by atoms with Crippen molar-refractivity contribution in [2.75, 3.05) is 7.11 Å². The molecule has 4 rings (SSSR count). The van der Waals surface area contributed by atoms with Gasteiger partial charge in [0.15, 0.2) is 0 Å². The Kier molecular flexibility index (Phi) is 3.95. The maximum absolute atomic E-state index is 11.2. The Morgan fingerprint density at radius 2 is 2.17 bits per heavy atom. The monoisotopic (exact) mass is 328 g/mol. The molecular formula is C21H28O3. The SMILES string of the molecule is CO[C@@H]1CC[C@H]2[C@@H]3C=CC4=C(CC(=O)O)CC=C[C@@H]4[C@H]3CC[C@]12C. The van der Waals surface area contributed by atoms with Crippen molar-refractivity contribution >= 4 is 5.97 Å². The average molecular weight is 328 g/mol. The van der Waals surface area contributed by atoms with Crippen LogP contribution in [0.1, 0.15) is 45.4 Å². The smallest absolute Gasteiger partial charge is 0.307 e. The Hall–Kier alpha value is -1.35. The number of methoxy groups -OCH3 is 1. The Labute approximate surface area is 144 Å². The van der Waals surface area contributed by atoms with Gasteiger partial charge in [0.25, 0.3) is 0 Å².